The third-order valence-electron chi connectivity index (χ3n) is 1.43. The molecule has 1 rings (SSSR count). The van der Waals surface area contributed by atoms with E-state index in [0.29, 0.717) is 0 Å². The molecular formula is C7H3Cl2F3. The van der Waals surface area contributed by atoms with E-state index in [1.807, 2.05) is 0 Å². The SMILES string of the molecule is Cc1c(Cl)c(F)c(F)c(F)c1Cl. The van der Waals surface area contributed by atoms with Gasteiger partial charge in [-0.05, 0) is 12.5 Å². The monoisotopic (exact) mass is 214 g/mol. The van der Waals surface area contributed by atoms with Crippen LogP contribution < -0.4 is 0 Å². The van der Waals surface area contributed by atoms with Crippen molar-refractivity contribution < 1.29 is 13.2 Å². The van der Waals surface area contributed by atoms with Gasteiger partial charge in [0, 0.05) is 0 Å². The van der Waals surface area contributed by atoms with Crippen molar-refractivity contribution in [2.24, 2.45) is 0 Å². The fraction of sp³-hybridized carbons (Fsp3) is 0.143. The minimum atomic E-state index is -1.64. The second kappa shape index (κ2) is 3.15. The molecule has 0 nitrogen and oxygen atoms in total. The van der Waals surface area contributed by atoms with Gasteiger partial charge in [-0.15, -0.1) is 0 Å². The van der Waals surface area contributed by atoms with Crippen LogP contribution in [0.5, 0.6) is 0 Å². The first-order chi connectivity index (χ1) is 5.46. The Hall–Kier alpha value is -0.410. The molecule has 0 saturated carbocycles. The molecule has 0 amide bonds. The van der Waals surface area contributed by atoms with Crippen molar-refractivity contribution in [3.63, 3.8) is 0 Å². The maximum Gasteiger partial charge on any atom is 0.197 e. The van der Waals surface area contributed by atoms with Gasteiger partial charge in [0.05, 0.1) is 10.0 Å². The van der Waals surface area contributed by atoms with Crippen molar-refractivity contribution in [3.8, 4) is 0 Å². The summed E-state index contributed by atoms with van der Waals surface area (Å²) in [4.78, 5) is 0. The van der Waals surface area contributed by atoms with Crippen LogP contribution in [0, 0.1) is 24.4 Å². The zero-order valence-corrected chi connectivity index (χ0v) is 7.40. The molecule has 0 atom stereocenters. The van der Waals surface area contributed by atoms with Crippen LogP contribution in [0.3, 0.4) is 0 Å². The molecule has 0 spiro atoms. The summed E-state index contributed by atoms with van der Waals surface area (Å²) >= 11 is 10.6. The van der Waals surface area contributed by atoms with Crippen LogP contribution >= 0.6 is 23.2 Å². The Balaban J connectivity index is 3.60. The average Bonchev–Trinajstić information content (AvgIpc) is 2.08. The van der Waals surface area contributed by atoms with E-state index in [4.69, 9.17) is 23.2 Å². The fourth-order valence-corrected chi connectivity index (χ4v) is 1.12. The van der Waals surface area contributed by atoms with Crippen LogP contribution in [-0.4, -0.2) is 0 Å². The van der Waals surface area contributed by atoms with Gasteiger partial charge < -0.3 is 0 Å². The van der Waals surface area contributed by atoms with E-state index in [1.165, 1.54) is 6.92 Å². The molecule has 1 aromatic carbocycles. The van der Waals surface area contributed by atoms with Gasteiger partial charge in [0.15, 0.2) is 17.5 Å². The lowest BCUT2D eigenvalue weighted by Gasteiger charge is -2.04. The first kappa shape index (κ1) is 9.68. The van der Waals surface area contributed by atoms with Crippen molar-refractivity contribution in [1.29, 1.82) is 0 Å². The Labute approximate surface area is 76.9 Å². The van der Waals surface area contributed by atoms with Gasteiger partial charge in [0.25, 0.3) is 0 Å². The van der Waals surface area contributed by atoms with Crippen LogP contribution in [0.1, 0.15) is 5.56 Å². The summed E-state index contributed by atoms with van der Waals surface area (Å²) in [5, 5.41) is -0.974. The zero-order valence-electron chi connectivity index (χ0n) is 5.89. The first-order valence-corrected chi connectivity index (χ1v) is 3.70. The molecule has 0 aliphatic carbocycles. The molecule has 0 heterocycles. The molecule has 0 aliphatic rings. The number of hydrogen-bond acceptors (Lipinski definition) is 0. The normalized spacial score (nSPS) is 10.5. The summed E-state index contributed by atoms with van der Waals surface area (Å²) in [6, 6.07) is 0. The van der Waals surface area contributed by atoms with E-state index >= 15 is 0 Å². The van der Waals surface area contributed by atoms with Crippen LogP contribution in [0.15, 0.2) is 0 Å². The quantitative estimate of drug-likeness (QED) is 0.457. The molecule has 66 valence electrons. The van der Waals surface area contributed by atoms with Crippen molar-refractivity contribution in [1.82, 2.24) is 0 Å². The van der Waals surface area contributed by atoms with Gasteiger partial charge in [-0.25, -0.2) is 13.2 Å². The highest BCUT2D eigenvalue weighted by Crippen LogP contribution is 2.31. The third-order valence-corrected chi connectivity index (χ3v) is 2.33. The van der Waals surface area contributed by atoms with E-state index < -0.39 is 27.5 Å². The van der Waals surface area contributed by atoms with Crippen molar-refractivity contribution in [2.75, 3.05) is 0 Å². The lowest BCUT2D eigenvalue weighted by molar-refractivity contribution is 0.446. The van der Waals surface area contributed by atoms with Gasteiger partial charge >= 0.3 is 0 Å². The summed E-state index contributed by atoms with van der Waals surface area (Å²) in [6.07, 6.45) is 0. The van der Waals surface area contributed by atoms with Crippen LogP contribution in [-0.2, 0) is 0 Å². The van der Waals surface area contributed by atoms with Crippen LogP contribution in [0.2, 0.25) is 10.0 Å². The maximum absolute atomic E-state index is 12.6. The molecule has 0 aliphatic heterocycles. The number of rotatable bonds is 0. The molecule has 1 aromatic rings. The standard InChI is InChI=1S/C7H3Cl2F3/c1-2-3(8)5(10)7(12)6(11)4(2)9/h1H3. The van der Waals surface area contributed by atoms with E-state index in [-0.39, 0.29) is 5.56 Å². The Morgan fingerprint density at radius 1 is 0.833 bits per heavy atom. The molecule has 0 bridgehead atoms. The summed E-state index contributed by atoms with van der Waals surface area (Å²) in [7, 11) is 0. The summed E-state index contributed by atoms with van der Waals surface area (Å²) in [6.45, 7) is 1.30. The predicted octanol–water partition coefficient (Wildman–Crippen LogP) is 3.72. The van der Waals surface area contributed by atoms with Gasteiger partial charge in [-0.2, -0.15) is 0 Å². The van der Waals surface area contributed by atoms with Gasteiger partial charge in [0.2, 0.25) is 0 Å². The number of hydrogen-bond donors (Lipinski definition) is 0. The molecular weight excluding hydrogens is 212 g/mol. The van der Waals surface area contributed by atoms with Crippen molar-refractivity contribution in [2.45, 2.75) is 6.92 Å². The van der Waals surface area contributed by atoms with Crippen LogP contribution in [0.25, 0.3) is 0 Å². The van der Waals surface area contributed by atoms with E-state index in [0.717, 1.165) is 0 Å². The Morgan fingerprint density at radius 2 is 1.17 bits per heavy atom. The average molecular weight is 215 g/mol. The molecule has 5 heteroatoms. The first-order valence-electron chi connectivity index (χ1n) is 2.94. The lowest BCUT2D eigenvalue weighted by atomic mass is 10.2. The summed E-state index contributed by atoms with van der Waals surface area (Å²) in [5.74, 6) is -4.46. The smallest absolute Gasteiger partial charge is 0.197 e. The predicted molar refractivity (Wildman–Crippen MR) is 41.1 cm³/mol. The highest BCUT2D eigenvalue weighted by Gasteiger charge is 2.19. The summed E-state index contributed by atoms with van der Waals surface area (Å²) in [5.41, 5.74) is -0.00488. The minimum absolute atomic E-state index is 0.00488. The number of halogens is 5. The highest BCUT2D eigenvalue weighted by molar-refractivity contribution is 6.36. The lowest BCUT2D eigenvalue weighted by Crippen LogP contribution is -1.96. The molecule has 0 saturated heterocycles. The second-order valence-corrected chi connectivity index (χ2v) is 2.95. The van der Waals surface area contributed by atoms with E-state index in [1.54, 1.807) is 0 Å². The maximum atomic E-state index is 12.6. The van der Waals surface area contributed by atoms with Crippen LogP contribution in [0.4, 0.5) is 13.2 Å². The second-order valence-electron chi connectivity index (χ2n) is 2.19. The molecule has 0 fully saturated rings. The van der Waals surface area contributed by atoms with Crippen molar-refractivity contribution in [3.05, 3.63) is 33.1 Å². The topological polar surface area (TPSA) is 0 Å². The van der Waals surface area contributed by atoms with Gasteiger partial charge in [-0.3, -0.25) is 0 Å². The van der Waals surface area contributed by atoms with E-state index in [9.17, 15) is 13.2 Å². The molecule has 0 radical (unpaired) electrons. The Morgan fingerprint density at radius 3 is 1.50 bits per heavy atom. The van der Waals surface area contributed by atoms with Gasteiger partial charge in [-0.1, -0.05) is 23.2 Å². The van der Waals surface area contributed by atoms with Gasteiger partial charge in [0.1, 0.15) is 0 Å². The molecule has 12 heavy (non-hydrogen) atoms. The highest BCUT2D eigenvalue weighted by atomic mass is 35.5. The third kappa shape index (κ3) is 1.27. The van der Waals surface area contributed by atoms with Crippen molar-refractivity contribution >= 4 is 23.2 Å². The number of benzene rings is 1. The molecule has 0 aromatic heterocycles. The Kier molecular flexibility index (Phi) is 2.54. The summed E-state index contributed by atoms with van der Waals surface area (Å²) < 4.78 is 37.8. The molecule has 0 N–H and O–H groups in total. The van der Waals surface area contributed by atoms with E-state index in [2.05, 4.69) is 0 Å². The zero-order chi connectivity index (χ0) is 9.46. The molecule has 0 unspecified atom stereocenters. The Bertz CT molecular complexity index is 231. The largest absolute Gasteiger partial charge is 0.202 e. The minimum Gasteiger partial charge on any atom is -0.202 e. The fourth-order valence-electron chi connectivity index (χ4n) is 0.715.